The molecular weight excluding hydrogens is 260 g/mol. The van der Waals surface area contributed by atoms with Crippen LogP contribution in [0.3, 0.4) is 0 Å². The van der Waals surface area contributed by atoms with Gasteiger partial charge < -0.3 is 4.74 Å². The van der Waals surface area contributed by atoms with Crippen LogP contribution in [0.25, 0.3) is 0 Å². The molecule has 0 radical (unpaired) electrons. The SMILES string of the molecule is CCOc1ccc(C(=O)c2ccccc2C(C)(C)C)cc1. The van der Waals surface area contributed by atoms with E-state index in [1.54, 1.807) is 0 Å². The second-order valence-electron chi connectivity index (χ2n) is 6.08. The molecule has 0 saturated carbocycles. The highest BCUT2D eigenvalue weighted by molar-refractivity contribution is 6.10. The molecule has 2 nitrogen and oxygen atoms in total. The lowest BCUT2D eigenvalue weighted by Gasteiger charge is -2.22. The van der Waals surface area contributed by atoms with E-state index in [1.807, 2.05) is 55.5 Å². The molecule has 0 atom stereocenters. The zero-order valence-corrected chi connectivity index (χ0v) is 13.1. The smallest absolute Gasteiger partial charge is 0.193 e. The number of hydrogen-bond donors (Lipinski definition) is 0. The molecule has 0 bridgehead atoms. The Morgan fingerprint density at radius 3 is 2.19 bits per heavy atom. The Morgan fingerprint density at radius 2 is 1.62 bits per heavy atom. The molecule has 0 aliphatic heterocycles. The first-order valence-corrected chi connectivity index (χ1v) is 7.30. The van der Waals surface area contributed by atoms with Crippen molar-refractivity contribution < 1.29 is 9.53 Å². The minimum atomic E-state index is -0.0580. The van der Waals surface area contributed by atoms with Crippen molar-refractivity contribution in [1.29, 1.82) is 0 Å². The topological polar surface area (TPSA) is 26.3 Å². The predicted octanol–water partition coefficient (Wildman–Crippen LogP) is 4.61. The van der Waals surface area contributed by atoms with Crippen LogP contribution in [0.2, 0.25) is 0 Å². The number of ether oxygens (including phenoxy) is 1. The Morgan fingerprint density at radius 1 is 1.00 bits per heavy atom. The second kappa shape index (κ2) is 6.13. The zero-order chi connectivity index (χ0) is 15.5. The van der Waals surface area contributed by atoms with Gasteiger partial charge in [-0.1, -0.05) is 45.0 Å². The van der Waals surface area contributed by atoms with Crippen molar-refractivity contribution in [2.45, 2.75) is 33.1 Å². The van der Waals surface area contributed by atoms with E-state index < -0.39 is 0 Å². The van der Waals surface area contributed by atoms with Gasteiger partial charge in [-0.15, -0.1) is 0 Å². The third-order valence-electron chi connectivity index (χ3n) is 3.41. The lowest BCUT2D eigenvalue weighted by molar-refractivity contribution is 0.103. The molecule has 2 rings (SSSR count). The maximum absolute atomic E-state index is 12.7. The van der Waals surface area contributed by atoms with Gasteiger partial charge in [-0.2, -0.15) is 0 Å². The molecule has 0 fully saturated rings. The van der Waals surface area contributed by atoms with Crippen LogP contribution in [0.5, 0.6) is 5.75 Å². The molecule has 2 aromatic carbocycles. The van der Waals surface area contributed by atoms with Crippen LogP contribution >= 0.6 is 0 Å². The highest BCUT2D eigenvalue weighted by atomic mass is 16.5. The van der Waals surface area contributed by atoms with Crippen LogP contribution < -0.4 is 4.74 Å². The Kier molecular flexibility index (Phi) is 4.46. The number of ketones is 1. The number of benzene rings is 2. The summed E-state index contributed by atoms with van der Waals surface area (Å²) in [5.41, 5.74) is 2.48. The first kappa shape index (κ1) is 15.3. The van der Waals surface area contributed by atoms with Crippen LogP contribution in [-0.2, 0) is 5.41 Å². The van der Waals surface area contributed by atoms with Crippen molar-refractivity contribution in [3.63, 3.8) is 0 Å². The number of carbonyl (C=O) groups is 1. The summed E-state index contributed by atoms with van der Waals surface area (Å²) in [7, 11) is 0. The molecule has 0 saturated heterocycles. The summed E-state index contributed by atoms with van der Waals surface area (Å²) in [6.07, 6.45) is 0. The van der Waals surface area contributed by atoms with Crippen molar-refractivity contribution in [2.75, 3.05) is 6.61 Å². The average Bonchev–Trinajstić information content (AvgIpc) is 2.47. The highest BCUT2D eigenvalue weighted by Crippen LogP contribution is 2.27. The quantitative estimate of drug-likeness (QED) is 0.765. The van der Waals surface area contributed by atoms with Crippen LogP contribution in [0.4, 0.5) is 0 Å². The average molecular weight is 282 g/mol. The van der Waals surface area contributed by atoms with Gasteiger partial charge >= 0.3 is 0 Å². The number of carbonyl (C=O) groups excluding carboxylic acids is 1. The van der Waals surface area contributed by atoms with Crippen LogP contribution in [0.1, 0.15) is 49.2 Å². The molecular formula is C19H22O2. The van der Waals surface area contributed by atoms with E-state index in [0.29, 0.717) is 12.2 Å². The molecule has 0 aliphatic rings. The van der Waals surface area contributed by atoms with E-state index in [4.69, 9.17) is 4.74 Å². The van der Waals surface area contributed by atoms with Gasteiger partial charge in [0.25, 0.3) is 0 Å². The van der Waals surface area contributed by atoms with Crippen molar-refractivity contribution in [1.82, 2.24) is 0 Å². The molecule has 2 heteroatoms. The summed E-state index contributed by atoms with van der Waals surface area (Å²) in [4.78, 5) is 12.7. The molecule has 0 aromatic heterocycles. The normalized spacial score (nSPS) is 11.2. The van der Waals surface area contributed by atoms with Crippen molar-refractivity contribution in [3.05, 3.63) is 65.2 Å². The molecule has 0 heterocycles. The monoisotopic (exact) mass is 282 g/mol. The minimum Gasteiger partial charge on any atom is -0.494 e. The maximum Gasteiger partial charge on any atom is 0.193 e. The van der Waals surface area contributed by atoms with E-state index in [9.17, 15) is 4.79 Å². The van der Waals surface area contributed by atoms with Crippen LogP contribution in [-0.4, -0.2) is 12.4 Å². The molecule has 0 N–H and O–H groups in total. The Balaban J connectivity index is 2.36. The number of hydrogen-bond acceptors (Lipinski definition) is 2. The fourth-order valence-electron chi connectivity index (χ4n) is 2.36. The molecule has 0 amide bonds. The van der Waals surface area contributed by atoms with Crippen molar-refractivity contribution in [3.8, 4) is 5.75 Å². The number of rotatable bonds is 4. The molecule has 2 aromatic rings. The van der Waals surface area contributed by atoms with E-state index >= 15 is 0 Å². The molecule has 21 heavy (non-hydrogen) atoms. The predicted molar refractivity (Wildman–Crippen MR) is 86.2 cm³/mol. The Labute approximate surface area is 126 Å². The van der Waals surface area contributed by atoms with E-state index in [2.05, 4.69) is 20.8 Å². The summed E-state index contributed by atoms with van der Waals surface area (Å²) in [6, 6.07) is 15.2. The summed E-state index contributed by atoms with van der Waals surface area (Å²) in [5.74, 6) is 0.849. The Bertz CT molecular complexity index is 619. The largest absolute Gasteiger partial charge is 0.494 e. The van der Waals surface area contributed by atoms with Crippen LogP contribution in [0, 0.1) is 0 Å². The van der Waals surface area contributed by atoms with Crippen LogP contribution in [0.15, 0.2) is 48.5 Å². The van der Waals surface area contributed by atoms with Gasteiger partial charge in [0.15, 0.2) is 5.78 Å². The first-order chi connectivity index (χ1) is 9.93. The van der Waals surface area contributed by atoms with E-state index in [1.165, 1.54) is 0 Å². The third kappa shape index (κ3) is 3.52. The standard InChI is InChI=1S/C19H22O2/c1-5-21-15-12-10-14(11-13-15)18(20)16-8-6-7-9-17(16)19(2,3)4/h6-13H,5H2,1-4H3. The van der Waals surface area contributed by atoms with E-state index in [-0.39, 0.29) is 11.2 Å². The molecule has 0 aliphatic carbocycles. The summed E-state index contributed by atoms with van der Waals surface area (Å²) < 4.78 is 5.41. The lowest BCUT2D eigenvalue weighted by atomic mass is 9.82. The first-order valence-electron chi connectivity index (χ1n) is 7.30. The third-order valence-corrected chi connectivity index (χ3v) is 3.41. The molecule has 110 valence electrons. The fraction of sp³-hybridized carbons (Fsp3) is 0.316. The summed E-state index contributed by atoms with van der Waals surface area (Å²) in [5, 5.41) is 0. The van der Waals surface area contributed by atoms with Gasteiger partial charge in [0.2, 0.25) is 0 Å². The Hall–Kier alpha value is -2.09. The van der Waals surface area contributed by atoms with Gasteiger partial charge in [0.1, 0.15) is 5.75 Å². The molecule has 0 unspecified atom stereocenters. The molecule has 0 spiro atoms. The summed E-state index contributed by atoms with van der Waals surface area (Å²) in [6.45, 7) is 8.94. The fourth-order valence-corrected chi connectivity index (χ4v) is 2.36. The van der Waals surface area contributed by atoms with Gasteiger partial charge in [0.05, 0.1) is 6.61 Å². The van der Waals surface area contributed by atoms with Crippen molar-refractivity contribution >= 4 is 5.78 Å². The van der Waals surface area contributed by atoms with Gasteiger partial charge in [-0.3, -0.25) is 4.79 Å². The highest BCUT2D eigenvalue weighted by Gasteiger charge is 2.21. The lowest BCUT2D eigenvalue weighted by Crippen LogP contribution is -2.17. The van der Waals surface area contributed by atoms with Gasteiger partial charge in [0, 0.05) is 11.1 Å². The maximum atomic E-state index is 12.7. The zero-order valence-electron chi connectivity index (χ0n) is 13.1. The van der Waals surface area contributed by atoms with Gasteiger partial charge in [-0.05, 0) is 42.2 Å². The second-order valence-corrected chi connectivity index (χ2v) is 6.08. The minimum absolute atomic E-state index is 0.0580. The summed E-state index contributed by atoms with van der Waals surface area (Å²) >= 11 is 0. The van der Waals surface area contributed by atoms with Crippen molar-refractivity contribution in [2.24, 2.45) is 0 Å². The van der Waals surface area contributed by atoms with Gasteiger partial charge in [-0.25, -0.2) is 0 Å². The van der Waals surface area contributed by atoms with E-state index in [0.717, 1.165) is 16.9 Å².